The second kappa shape index (κ2) is 5.40. The minimum atomic E-state index is 0. The Morgan fingerprint density at radius 1 is 1.07 bits per heavy atom. The number of thiophene rings is 1. The van der Waals surface area contributed by atoms with Crippen molar-refractivity contribution in [3.63, 3.8) is 0 Å². The van der Waals surface area contributed by atoms with Crippen LogP contribution in [0.4, 0.5) is 5.00 Å². The highest BCUT2D eigenvalue weighted by Gasteiger charge is 2.00. The molecule has 0 aliphatic carbocycles. The molecule has 1 N–H and O–H groups in total. The molecule has 0 atom stereocenters. The summed E-state index contributed by atoms with van der Waals surface area (Å²) in [7, 11) is 1.93. The molecular formula is C11H11Cl2NS. The van der Waals surface area contributed by atoms with E-state index in [1.807, 2.05) is 31.3 Å². The van der Waals surface area contributed by atoms with Crippen LogP contribution in [0.1, 0.15) is 0 Å². The van der Waals surface area contributed by atoms with Gasteiger partial charge >= 0.3 is 0 Å². The maximum Gasteiger partial charge on any atom is 0.0886 e. The number of nitrogens with one attached hydrogen (secondary N) is 1. The molecule has 0 spiro atoms. The first-order chi connectivity index (χ1) is 6.79. The average molecular weight is 260 g/mol. The fourth-order valence-electron chi connectivity index (χ4n) is 1.24. The van der Waals surface area contributed by atoms with Gasteiger partial charge in [0.25, 0.3) is 0 Å². The number of hydrogen-bond donors (Lipinski definition) is 1. The van der Waals surface area contributed by atoms with Gasteiger partial charge in [-0.2, -0.15) is 0 Å². The Morgan fingerprint density at radius 3 is 2.27 bits per heavy atom. The third-order valence-corrected chi connectivity index (χ3v) is 3.38. The van der Waals surface area contributed by atoms with E-state index >= 15 is 0 Å². The third kappa shape index (κ3) is 2.88. The van der Waals surface area contributed by atoms with Crippen LogP contribution < -0.4 is 5.32 Å². The standard InChI is InChI=1S/C11H10ClNS.ClH/c1-13-11-7-6-10(14-11)8-2-4-9(12)5-3-8;/h2-7,13H,1H3;1H. The first-order valence-corrected chi connectivity index (χ1v) is 5.52. The smallest absolute Gasteiger partial charge is 0.0886 e. The molecule has 0 saturated heterocycles. The van der Waals surface area contributed by atoms with Crippen LogP contribution in [0.15, 0.2) is 36.4 Å². The maximum atomic E-state index is 5.82. The molecule has 4 heteroatoms. The van der Waals surface area contributed by atoms with E-state index in [9.17, 15) is 0 Å². The molecule has 0 fully saturated rings. The lowest BCUT2D eigenvalue weighted by Gasteiger charge is -1.96. The minimum Gasteiger partial charge on any atom is -0.380 e. The van der Waals surface area contributed by atoms with E-state index in [0.29, 0.717) is 0 Å². The molecule has 2 rings (SSSR count). The molecule has 0 unspecified atom stereocenters. The van der Waals surface area contributed by atoms with E-state index in [2.05, 4.69) is 17.4 Å². The van der Waals surface area contributed by atoms with Crippen LogP contribution in [0.3, 0.4) is 0 Å². The Hall–Kier alpha value is -0.700. The zero-order valence-corrected chi connectivity index (χ0v) is 10.5. The zero-order valence-electron chi connectivity index (χ0n) is 8.16. The van der Waals surface area contributed by atoms with Crippen LogP contribution in [0.5, 0.6) is 0 Å². The summed E-state index contributed by atoms with van der Waals surface area (Å²) in [5.74, 6) is 0. The Labute approximate surface area is 105 Å². The summed E-state index contributed by atoms with van der Waals surface area (Å²) in [6.07, 6.45) is 0. The molecule has 0 amide bonds. The molecule has 0 aliphatic heterocycles. The number of halogens is 2. The fraction of sp³-hybridized carbons (Fsp3) is 0.0909. The monoisotopic (exact) mass is 259 g/mol. The van der Waals surface area contributed by atoms with Gasteiger partial charge in [-0.3, -0.25) is 0 Å². The van der Waals surface area contributed by atoms with Crippen LogP contribution in [0, 0.1) is 0 Å². The number of rotatable bonds is 2. The van der Waals surface area contributed by atoms with Crippen LogP contribution in [-0.4, -0.2) is 7.05 Å². The third-order valence-electron chi connectivity index (χ3n) is 1.98. The van der Waals surface area contributed by atoms with Crippen molar-refractivity contribution in [3.8, 4) is 10.4 Å². The van der Waals surface area contributed by atoms with E-state index in [-0.39, 0.29) is 12.4 Å². The second-order valence-corrected chi connectivity index (χ2v) is 4.44. The molecule has 0 radical (unpaired) electrons. The van der Waals surface area contributed by atoms with Gasteiger partial charge in [0.1, 0.15) is 0 Å². The SMILES string of the molecule is CNc1ccc(-c2ccc(Cl)cc2)s1.Cl. The molecule has 0 aliphatic rings. The summed E-state index contributed by atoms with van der Waals surface area (Å²) in [6.45, 7) is 0. The summed E-state index contributed by atoms with van der Waals surface area (Å²) in [5, 5.41) is 5.07. The van der Waals surface area contributed by atoms with Gasteiger partial charge < -0.3 is 5.32 Å². The number of hydrogen-bond acceptors (Lipinski definition) is 2. The molecule has 1 nitrogen and oxygen atoms in total. The topological polar surface area (TPSA) is 12.0 Å². The quantitative estimate of drug-likeness (QED) is 0.836. The summed E-state index contributed by atoms with van der Waals surface area (Å²) in [5.41, 5.74) is 1.21. The highest BCUT2D eigenvalue weighted by atomic mass is 35.5. The van der Waals surface area contributed by atoms with Gasteiger partial charge in [-0.1, -0.05) is 23.7 Å². The second-order valence-electron chi connectivity index (χ2n) is 2.92. The van der Waals surface area contributed by atoms with E-state index < -0.39 is 0 Å². The Kier molecular flexibility index (Phi) is 4.45. The lowest BCUT2D eigenvalue weighted by Crippen LogP contribution is -1.79. The summed E-state index contributed by atoms with van der Waals surface area (Å²) < 4.78 is 0. The van der Waals surface area contributed by atoms with Gasteiger partial charge in [-0.05, 0) is 29.8 Å². The molecule has 80 valence electrons. The first kappa shape index (κ1) is 12.4. The van der Waals surface area contributed by atoms with Crippen molar-refractivity contribution < 1.29 is 0 Å². The van der Waals surface area contributed by atoms with Crippen molar-refractivity contribution in [1.29, 1.82) is 0 Å². The van der Waals surface area contributed by atoms with Crippen LogP contribution >= 0.6 is 35.3 Å². The van der Waals surface area contributed by atoms with Crippen molar-refractivity contribution >= 4 is 40.3 Å². The van der Waals surface area contributed by atoms with Crippen LogP contribution in [0.2, 0.25) is 5.02 Å². The lowest BCUT2D eigenvalue weighted by molar-refractivity contribution is 1.60. The van der Waals surface area contributed by atoms with Crippen LogP contribution in [0.25, 0.3) is 10.4 Å². The van der Waals surface area contributed by atoms with Gasteiger partial charge in [0.15, 0.2) is 0 Å². The van der Waals surface area contributed by atoms with Gasteiger partial charge in [0.2, 0.25) is 0 Å². The van der Waals surface area contributed by atoms with Crippen molar-refractivity contribution in [1.82, 2.24) is 0 Å². The highest BCUT2D eigenvalue weighted by Crippen LogP contribution is 2.31. The molecule has 15 heavy (non-hydrogen) atoms. The molecule has 1 aromatic carbocycles. The molecule has 2 aromatic rings. The molecule has 1 aromatic heterocycles. The molecule has 0 bridgehead atoms. The average Bonchev–Trinajstić information content (AvgIpc) is 2.67. The van der Waals surface area contributed by atoms with Gasteiger partial charge in [-0.15, -0.1) is 23.7 Å². The van der Waals surface area contributed by atoms with E-state index in [4.69, 9.17) is 11.6 Å². The minimum absolute atomic E-state index is 0. The largest absolute Gasteiger partial charge is 0.380 e. The van der Waals surface area contributed by atoms with Gasteiger partial charge in [0, 0.05) is 16.9 Å². The number of anilines is 1. The zero-order chi connectivity index (χ0) is 9.97. The number of benzene rings is 1. The molecular weight excluding hydrogens is 249 g/mol. The first-order valence-electron chi connectivity index (χ1n) is 4.33. The fourth-order valence-corrected chi connectivity index (χ4v) is 2.23. The van der Waals surface area contributed by atoms with E-state index in [1.165, 1.54) is 15.4 Å². The van der Waals surface area contributed by atoms with Crippen molar-refractivity contribution in [2.45, 2.75) is 0 Å². The van der Waals surface area contributed by atoms with Gasteiger partial charge in [-0.25, -0.2) is 0 Å². The van der Waals surface area contributed by atoms with Crippen molar-refractivity contribution in [2.75, 3.05) is 12.4 Å². The highest BCUT2D eigenvalue weighted by molar-refractivity contribution is 7.19. The lowest BCUT2D eigenvalue weighted by atomic mass is 10.2. The van der Waals surface area contributed by atoms with E-state index in [0.717, 1.165) is 5.02 Å². The van der Waals surface area contributed by atoms with E-state index in [1.54, 1.807) is 11.3 Å². The Bertz CT molecular complexity index is 422. The molecule has 0 saturated carbocycles. The predicted octanol–water partition coefficient (Wildman–Crippen LogP) is 4.53. The summed E-state index contributed by atoms with van der Waals surface area (Å²) in [6, 6.07) is 12.1. The van der Waals surface area contributed by atoms with Crippen LogP contribution in [-0.2, 0) is 0 Å². The summed E-state index contributed by atoms with van der Waals surface area (Å²) in [4.78, 5) is 1.26. The van der Waals surface area contributed by atoms with Gasteiger partial charge in [0.05, 0.1) is 5.00 Å². The summed E-state index contributed by atoms with van der Waals surface area (Å²) >= 11 is 7.56. The maximum absolute atomic E-state index is 5.82. The van der Waals surface area contributed by atoms with Crippen molar-refractivity contribution in [2.24, 2.45) is 0 Å². The van der Waals surface area contributed by atoms with Crippen molar-refractivity contribution in [3.05, 3.63) is 41.4 Å². The predicted molar refractivity (Wildman–Crippen MR) is 71.6 cm³/mol. The Morgan fingerprint density at radius 2 is 1.73 bits per heavy atom. The Balaban J connectivity index is 0.00000112. The molecule has 1 heterocycles. The normalized spacial score (nSPS) is 9.47.